The van der Waals surface area contributed by atoms with Gasteiger partial charge < -0.3 is 25.6 Å². The molecule has 4 rings (SSSR count). The minimum Gasteiger partial charge on any atom is -0.370 e. The van der Waals surface area contributed by atoms with E-state index in [1.165, 1.54) is 6.92 Å². The maximum atomic E-state index is 13.0. The molecule has 1 heterocycles. The SMILES string of the molecule is CC=O.CNC1CCN(C(=O)c2cccc(CN(C)C(N)=NC(C=O)(c3ccccc3)c3ccccc3)c2)C1. The number of likely N-dealkylation sites (tertiary alicyclic amines) is 1. The fourth-order valence-corrected chi connectivity index (χ4v) is 4.63. The Balaban J connectivity index is 0.00000134. The Hall–Kier alpha value is -4.30. The van der Waals surface area contributed by atoms with Gasteiger partial charge in [0.05, 0.1) is 0 Å². The summed E-state index contributed by atoms with van der Waals surface area (Å²) in [6.45, 7) is 3.35. The molecule has 0 aliphatic carbocycles. The van der Waals surface area contributed by atoms with Crippen molar-refractivity contribution in [1.29, 1.82) is 0 Å². The second kappa shape index (κ2) is 14.0. The number of nitrogens with one attached hydrogen (secondary N) is 1. The topological polar surface area (TPSA) is 108 Å². The number of carbonyl (C=O) groups is 3. The smallest absolute Gasteiger partial charge is 0.253 e. The van der Waals surface area contributed by atoms with Crippen LogP contribution >= 0.6 is 0 Å². The van der Waals surface area contributed by atoms with Crippen LogP contribution in [0, 0.1) is 0 Å². The molecule has 1 unspecified atom stereocenters. The predicted molar refractivity (Wildman–Crippen MR) is 154 cm³/mol. The molecule has 204 valence electrons. The van der Waals surface area contributed by atoms with Crippen molar-refractivity contribution in [3.8, 4) is 0 Å². The summed E-state index contributed by atoms with van der Waals surface area (Å²) in [7, 11) is 3.76. The Morgan fingerprint density at radius 3 is 2.15 bits per heavy atom. The number of carbonyl (C=O) groups excluding carboxylic acids is 3. The number of amides is 1. The second-order valence-corrected chi connectivity index (χ2v) is 9.40. The molecule has 1 fully saturated rings. The van der Waals surface area contributed by atoms with Gasteiger partial charge in [0, 0.05) is 38.3 Å². The van der Waals surface area contributed by atoms with Crippen LogP contribution < -0.4 is 11.1 Å². The van der Waals surface area contributed by atoms with Crippen LogP contribution in [0.3, 0.4) is 0 Å². The first-order chi connectivity index (χ1) is 18.9. The number of nitrogens with two attached hydrogens (primary N) is 1. The summed E-state index contributed by atoms with van der Waals surface area (Å²) in [6, 6.07) is 26.8. The van der Waals surface area contributed by atoms with E-state index in [9.17, 15) is 9.59 Å². The summed E-state index contributed by atoms with van der Waals surface area (Å²) in [5.74, 6) is 0.259. The molecule has 3 aromatic carbocycles. The summed E-state index contributed by atoms with van der Waals surface area (Å²) >= 11 is 0. The van der Waals surface area contributed by atoms with E-state index in [4.69, 9.17) is 15.5 Å². The molecule has 1 amide bonds. The summed E-state index contributed by atoms with van der Waals surface area (Å²) < 4.78 is 0. The molecule has 3 aromatic rings. The fourth-order valence-electron chi connectivity index (χ4n) is 4.63. The molecular weight excluding hydrogens is 490 g/mol. The zero-order valence-electron chi connectivity index (χ0n) is 22.8. The van der Waals surface area contributed by atoms with E-state index in [-0.39, 0.29) is 11.9 Å². The molecule has 1 atom stereocenters. The summed E-state index contributed by atoms with van der Waals surface area (Å²) in [5, 5.41) is 3.24. The maximum Gasteiger partial charge on any atom is 0.253 e. The lowest BCUT2D eigenvalue weighted by molar-refractivity contribution is -0.111. The molecule has 1 aliphatic heterocycles. The highest BCUT2D eigenvalue weighted by molar-refractivity contribution is 5.94. The van der Waals surface area contributed by atoms with E-state index in [1.807, 2.05) is 104 Å². The largest absolute Gasteiger partial charge is 0.370 e. The van der Waals surface area contributed by atoms with Crippen molar-refractivity contribution in [1.82, 2.24) is 15.1 Å². The number of aldehydes is 2. The zero-order valence-corrected chi connectivity index (χ0v) is 22.8. The van der Waals surface area contributed by atoms with Gasteiger partial charge in [-0.15, -0.1) is 0 Å². The van der Waals surface area contributed by atoms with Crippen LogP contribution in [0.4, 0.5) is 0 Å². The van der Waals surface area contributed by atoms with Crippen molar-refractivity contribution in [2.45, 2.75) is 31.5 Å². The molecule has 1 aliphatic rings. The third kappa shape index (κ3) is 7.18. The molecule has 8 nitrogen and oxygen atoms in total. The third-order valence-corrected chi connectivity index (χ3v) is 6.76. The summed E-state index contributed by atoms with van der Waals surface area (Å²) in [4.78, 5) is 42.9. The Labute approximate surface area is 230 Å². The number of benzene rings is 3. The Bertz CT molecular complexity index is 1220. The van der Waals surface area contributed by atoms with Gasteiger partial charge in [0.25, 0.3) is 5.91 Å². The van der Waals surface area contributed by atoms with Crippen LogP contribution in [0.1, 0.15) is 40.4 Å². The average molecular weight is 528 g/mol. The average Bonchev–Trinajstić information content (AvgIpc) is 3.46. The number of nitrogens with zero attached hydrogens (tertiary/aromatic N) is 3. The first-order valence-corrected chi connectivity index (χ1v) is 13.0. The first kappa shape index (κ1) is 29.3. The number of hydrogen-bond acceptors (Lipinski definition) is 5. The summed E-state index contributed by atoms with van der Waals surface area (Å²) in [5.41, 5.74) is 8.26. The molecule has 0 bridgehead atoms. The van der Waals surface area contributed by atoms with Crippen LogP contribution in [-0.2, 0) is 21.7 Å². The highest BCUT2D eigenvalue weighted by atomic mass is 16.2. The molecule has 1 saturated heterocycles. The number of aliphatic imine (C=N–C) groups is 1. The van der Waals surface area contributed by atoms with Gasteiger partial charge in [0.2, 0.25) is 0 Å². The number of rotatable bonds is 8. The van der Waals surface area contributed by atoms with Crippen LogP contribution in [0.15, 0.2) is 89.9 Å². The molecular formula is C31H37N5O3. The monoisotopic (exact) mass is 527 g/mol. The lowest BCUT2D eigenvalue weighted by Crippen LogP contribution is -2.38. The van der Waals surface area contributed by atoms with E-state index >= 15 is 0 Å². The van der Waals surface area contributed by atoms with Gasteiger partial charge in [0.15, 0.2) is 17.8 Å². The van der Waals surface area contributed by atoms with E-state index in [1.54, 1.807) is 4.90 Å². The molecule has 0 radical (unpaired) electrons. The van der Waals surface area contributed by atoms with Crippen LogP contribution in [-0.4, -0.2) is 67.5 Å². The number of guanidine groups is 1. The summed E-state index contributed by atoms with van der Waals surface area (Å²) in [6.07, 6.45) is 2.55. The Kier molecular flexibility index (Phi) is 10.5. The van der Waals surface area contributed by atoms with E-state index < -0.39 is 5.54 Å². The van der Waals surface area contributed by atoms with Crippen molar-refractivity contribution in [3.05, 3.63) is 107 Å². The van der Waals surface area contributed by atoms with Gasteiger partial charge in [-0.2, -0.15) is 0 Å². The number of likely N-dealkylation sites (N-methyl/N-ethyl adjacent to an activating group) is 1. The Morgan fingerprint density at radius 2 is 1.64 bits per heavy atom. The highest BCUT2D eigenvalue weighted by Crippen LogP contribution is 2.32. The fraction of sp³-hybridized carbons (Fsp3) is 0.290. The molecule has 39 heavy (non-hydrogen) atoms. The molecule has 0 spiro atoms. The standard InChI is InChI=1S/C29H33N5O2.C2H4O/c1-31-26-16-17-34(20-26)27(36)23-11-9-10-22(18-23)19-33(2)28(30)32-29(21-35,24-12-5-3-6-13-24)25-14-7-4-8-15-25;1-2-3/h3-15,18,21,26,31H,16-17,19-20H2,1-2H3,(H2,30,32);2H,1H3. The van der Waals surface area contributed by atoms with Crippen molar-refractivity contribution < 1.29 is 14.4 Å². The molecule has 8 heteroatoms. The van der Waals surface area contributed by atoms with Crippen LogP contribution in [0.25, 0.3) is 0 Å². The minimum atomic E-state index is -1.27. The molecule has 0 aromatic heterocycles. The quantitative estimate of drug-likeness (QED) is 0.265. The number of hydrogen-bond donors (Lipinski definition) is 2. The van der Waals surface area contributed by atoms with Gasteiger partial charge in [0.1, 0.15) is 6.29 Å². The van der Waals surface area contributed by atoms with Gasteiger partial charge in [-0.3, -0.25) is 9.59 Å². The van der Waals surface area contributed by atoms with E-state index in [2.05, 4.69) is 5.32 Å². The maximum absolute atomic E-state index is 13.0. The van der Waals surface area contributed by atoms with Crippen molar-refractivity contribution >= 4 is 24.4 Å². The molecule has 0 saturated carbocycles. The first-order valence-electron chi connectivity index (χ1n) is 13.0. The predicted octanol–water partition coefficient (Wildman–Crippen LogP) is 3.21. The normalized spacial score (nSPS) is 15.2. The zero-order chi connectivity index (χ0) is 28.3. The Morgan fingerprint density at radius 1 is 1.05 bits per heavy atom. The second-order valence-electron chi connectivity index (χ2n) is 9.40. The third-order valence-electron chi connectivity index (χ3n) is 6.76. The van der Waals surface area contributed by atoms with Gasteiger partial charge in [-0.05, 0) is 49.2 Å². The van der Waals surface area contributed by atoms with Gasteiger partial charge >= 0.3 is 0 Å². The van der Waals surface area contributed by atoms with Crippen LogP contribution in [0.2, 0.25) is 0 Å². The van der Waals surface area contributed by atoms with Crippen molar-refractivity contribution in [2.75, 3.05) is 27.2 Å². The minimum absolute atomic E-state index is 0.0343. The van der Waals surface area contributed by atoms with Crippen molar-refractivity contribution in [3.63, 3.8) is 0 Å². The van der Waals surface area contributed by atoms with Crippen molar-refractivity contribution in [2.24, 2.45) is 10.7 Å². The lowest BCUT2D eigenvalue weighted by Gasteiger charge is -2.28. The lowest BCUT2D eigenvalue weighted by atomic mass is 9.84. The van der Waals surface area contributed by atoms with E-state index in [0.717, 1.165) is 42.2 Å². The van der Waals surface area contributed by atoms with Crippen LogP contribution in [0.5, 0.6) is 0 Å². The molecule has 3 N–H and O–H groups in total. The van der Waals surface area contributed by atoms with E-state index in [0.29, 0.717) is 24.7 Å². The van der Waals surface area contributed by atoms with Gasteiger partial charge in [-0.25, -0.2) is 4.99 Å². The van der Waals surface area contributed by atoms with Gasteiger partial charge in [-0.1, -0.05) is 72.8 Å². The highest BCUT2D eigenvalue weighted by Gasteiger charge is 2.34.